The van der Waals surface area contributed by atoms with Crippen LogP contribution in [-0.2, 0) is 11.2 Å². The van der Waals surface area contributed by atoms with Gasteiger partial charge in [0.1, 0.15) is 0 Å². The van der Waals surface area contributed by atoms with Crippen LogP contribution in [0.15, 0.2) is 28.7 Å². The monoisotopic (exact) mass is 310 g/mol. The summed E-state index contributed by atoms with van der Waals surface area (Å²) in [7, 11) is 0. The zero-order valence-corrected chi connectivity index (χ0v) is 12.3. The summed E-state index contributed by atoms with van der Waals surface area (Å²) in [6, 6.07) is 7.98. The number of piperazine rings is 1. The van der Waals surface area contributed by atoms with Crippen LogP contribution < -0.4 is 0 Å². The van der Waals surface area contributed by atoms with Crippen LogP contribution in [0.2, 0.25) is 0 Å². The quantitative estimate of drug-likeness (QED) is 0.854. The minimum Gasteiger partial charge on any atom is -0.340 e. The molecule has 0 radical (unpaired) electrons. The lowest BCUT2D eigenvalue weighted by Crippen LogP contribution is -2.48. The van der Waals surface area contributed by atoms with E-state index in [4.69, 9.17) is 0 Å². The summed E-state index contributed by atoms with van der Waals surface area (Å²) in [5.74, 6) is 0.244. The molecule has 0 atom stereocenters. The van der Waals surface area contributed by atoms with Crippen LogP contribution in [0.3, 0.4) is 0 Å². The number of likely N-dealkylation sites (N-methyl/N-ethyl adjacent to an activating group) is 1. The molecule has 0 aliphatic carbocycles. The van der Waals surface area contributed by atoms with Gasteiger partial charge < -0.3 is 9.80 Å². The first-order chi connectivity index (χ1) is 8.69. The fourth-order valence-corrected chi connectivity index (χ4v) is 2.47. The molecule has 98 valence electrons. The highest BCUT2D eigenvalue weighted by Gasteiger charge is 2.19. The number of carbonyl (C=O) groups is 1. The number of benzene rings is 1. The van der Waals surface area contributed by atoms with Crippen molar-refractivity contribution in [1.82, 2.24) is 9.80 Å². The molecule has 0 bridgehead atoms. The second kappa shape index (κ2) is 6.34. The highest BCUT2D eigenvalue weighted by molar-refractivity contribution is 9.10. The van der Waals surface area contributed by atoms with Crippen LogP contribution in [0, 0.1) is 0 Å². The molecule has 3 nitrogen and oxygen atoms in total. The van der Waals surface area contributed by atoms with Crippen molar-refractivity contribution in [2.24, 2.45) is 0 Å². The minimum atomic E-state index is 0.244. The van der Waals surface area contributed by atoms with Gasteiger partial charge in [-0.3, -0.25) is 4.79 Å². The van der Waals surface area contributed by atoms with Crippen LogP contribution in [0.25, 0.3) is 0 Å². The average Bonchev–Trinajstić information content (AvgIpc) is 2.41. The van der Waals surface area contributed by atoms with Gasteiger partial charge in [-0.1, -0.05) is 35.0 Å². The Morgan fingerprint density at radius 3 is 2.33 bits per heavy atom. The first-order valence-electron chi connectivity index (χ1n) is 6.43. The number of amides is 1. The smallest absolute Gasteiger partial charge is 0.227 e. The molecule has 1 heterocycles. The van der Waals surface area contributed by atoms with Crippen LogP contribution in [0.5, 0.6) is 0 Å². The first-order valence-corrected chi connectivity index (χ1v) is 7.23. The third-order valence-electron chi connectivity index (χ3n) is 3.44. The van der Waals surface area contributed by atoms with Crippen molar-refractivity contribution in [3.8, 4) is 0 Å². The Bertz CT molecular complexity index is 397. The summed E-state index contributed by atoms with van der Waals surface area (Å²) in [5.41, 5.74) is 1.08. The molecular weight excluding hydrogens is 292 g/mol. The van der Waals surface area contributed by atoms with E-state index in [0.717, 1.165) is 42.8 Å². The normalized spacial score (nSPS) is 16.9. The largest absolute Gasteiger partial charge is 0.340 e. The molecule has 0 spiro atoms. The molecule has 1 aliphatic heterocycles. The fraction of sp³-hybridized carbons (Fsp3) is 0.500. The van der Waals surface area contributed by atoms with Crippen molar-refractivity contribution in [2.45, 2.75) is 13.3 Å². The molecule has 2 rings (SSSR count). The highest BCUT2D eigenvalue weighted by Crippen LogP contribution is 2.12. The lowest BCUT2D eigenvalue weighted by Gasteiger charge is -2.34. The molecule has 0 aromatic heterocycles. The molecule has 1 amide bonds. The van der Waals surface area contributed by atoms with E-state index in [2.05, 4.69) is 27.8 Å². The molecule has 4 heteroatoms. The number of carbonyl (C=O) groups excluding carboxylic acids is 1. The average molecular weight is 311 g/mol. The van der Waals surface area contributed by atoms with E-state index in [9.17, 15) is 4.79 Å². The van der Waals surface area contributed by atoms with Gasteiger partial charge in [-0.25, -0.2) is 0 Å². The van der Waals surface area contributed by atoms with Crippen LogP contribution in [0.4, 0.5) is 0 Å². The van der Waals surface area contributed by atoms with Crippen molar-refractivity contribution in [3.63, 3.8) is 0 Å². The van der Waals surface area contributed by atoms with Gasteiger partial charge in [-0.15, -0.1) is 0 Å². The van der Waals surface area contributed by atoms with E-state index >= 15 is 0 Å². The van der Waals surface area contributed by atoms with Gasteiger partial charge in [-0.05, 0) is 24.2 Å². The molecule has 1 fully saturated rings. The predicted molar refractivity (Wildman–Crippen MR) is 76.5 cm³/mol. The second-order valence-electron chi connectivity index (χ2n) is 4.62. The van der Waals surface area contributed by atoms with Gasteiger partial charge in [0, 0.05) is 30.7 Å². The molecular formula is C14H19BrN2O. The summed E-state index contributed by atoms with van der Waals surface area (Å²) in [4.78, 5) is 16.5. The highest BCUT2D eigenvalue weighted by atomic mass is 79.9. The number of rotatable bonds is 3. The Labute approximate surface area is 117 Å². The molecule has 0 N–H and O–H groups in total. The predicted octanol–water partition coefficient (Wildman–Crippen LogP) is 2.16. The van der Waals surface area contributed by atoms with E-state index in [1.165, 1.54) is 0 Å². The zero-order valence-electron chi connectivity index (χ0n) is 10.7. The zero-order chi connectivity index (χ0) is 13.0. The van der Waals surface area contributed by atoms with Gasteiger partial charge in [0.15, 0.2) is 0 Å². The lowest BCUT2D eigenvalue weighted by molar-refractivity contribution is -0.132. The molecule has 1 aliphatic rings. The van der Waals surface area contributed by atoms with E-state index in [1.807, 2.05) is 29.2 Å². The summed E-state index contributed by atoms with van der Waals surface area (Å²) in [6.07, 6.45) is 0.513. The number of nitrogens with zero attached hydrogens (tertiary/aromatic N) is 2. The van der Waals surface area contributed by atoms with Gasteiger partial charge in [-0.2, -0.15) is 0 Å². The Balaban J connectivity index is 1.87. The third-order valence-corrected chi connectivity index (χ3v) is 3.97. The fourth-order valence-electron chi connectivity index (χ4n) is 2.20. The van der Waals surface area contributed by atoms with E-state index in [-0.39, 0.29) is 5.91 Å². The first kappa shape index (κ1) is 13.6. The topological polar surface area (TPSA) is 23.6 Å². The molecule has 18 heavy (non-hydrogen) atoms. The SMILES string of the molecule is CCN1CCN(C(=O)Cc2ccc(Br)cc2)CC1. The third kappa shape index (κ3) is 3.56. The number of halogens is 1. The summed E-state index contributed by atoms with van der Waals surface area (Å²) in [6.45, 7) is 6.98. The van der Waals surface area contributed by atoms with Crippen molar-refractivity contribution < 1.29 is 4.79 Å². The molecule has 0 unspecified atom stereocenters. The molecule has 1 aromatic carbocycles. The Kier molecular flexibility index (Phi) is 4.78. The Morgan fingerprint density at radius 2 is 1.78 bits per heavy atom. The maximum Gasteiger partial charge on any atom is 0.227 e. The van der Waals surface area contributed by atoms with Gasteiger partial charge in [0.2, 0.25) is 5.91 Å². The van der Waals surface area contributed by atoms with Gasteiger partial charge >= 0.3 is 0 Å². The summed E-state index contributed by atoms with van der Waals surface area (Å²) < 4.78 is 1.05. The van der Waals surface area contributed by atoms with Crippen LogP contribution in [0.1, 0.15) is 12.5 Å². The molecule has 1 saturated heterocycles. The van der Waals surface area contributed by atoms with E-state index in [1.54, 1.807) is 0 Å². The van der Waals surface area contributed by atoms with E-state index < -0.39 is 0 Å². The number of hydrogen-bond acceptors (Lipinski definition) is 2. The minimum absolute atomic E-state index is 0.244. The standard InChI is InChI=1S/C14H19BrN2O/c1-2-16-7-9-17(10-8-16)14(18)11-12-3-5-13(15)6-4-12/h3-6H,2,7-11H2,1H3. The van der Waals surface area contributed by atoms with Crippen LogP contribution in [-0.4, -0.2) is 48.4 Å². The van der Waals surface area contributed by atoms with E-state index in [0.29, 0.717) is 6.42 Å². The van der Waals surface area contributed by atoms with Crippen molar-refractivity contribution in [3.05, 3.63) is 34.3 Å². The van der Waals surface area contributed by atoms with Gasteiger partial charge in [0.05, 0.1) is 6.42 Å². The van der Waals surface area contributed by atoms with Crippen molar-refractivity contribution >= 4 is 21.8 Å². The summed E-state index contributed by atoms with van der Waals surface area (Å²) in [5, 5.41) is 0. The van der Waals surface area contributed by atoms with Crippen molar-refractivity contribution in [1.29, 1.82) is 0 Å². The lowest BCUT2D eigenvalue weighted by atomic mass is 10.1. The molecule has 0 saturated carbocycles. The maximum absolute atomic E-state index is 12.1. The summed E-state index contributed by atoms with van der Waals surface area (Å²) >= 11 is 3.40. The van der Waals surface area contributed by atoms with Crippen LogP contribution >= 0.6 is 15.9 Å². The maximum atomic E-state index is 12.1. The van der Waals surface area contributed by atoms with Gasteiger partial charge in [0.25, 0.3) is 0 Å². The van der Waals surface area contributed by atoms with Crippen molar-refractivity contribution in [2.75, 3.05) is 32.7 Å². The number of hydrogen-bond donors (Lipinski definition) is 0. The second-order valence-corrected chi connectivity index (χ2v) is 5.53. The molecule has 1 aromatic rings. The Hall–Kier alpha value is -0.870. The Morgan fingerprint density at radius 1 is 1.17 bits per heavy atom.